The van der Waals surface area contributed by atoms with Gasteiger partial charge < -0.3 is 15.8 Å². The van der Waals surface area contributed by atoms with Gasteiger partial charge in [-0.2, -0.15) is 4.98 Å². The van der Waals surface area contributed by atoms with Gasteiger partial charge in [0.1, 0.15) is 17.4 Å². The van der Waals surface area contributed by atoms with E-state index in [0.717, 1.165) is 6.07 Å². The first-order chi connectivity index (χ1) is 9.04. The van der Waals surface area contributed by atoms with Crippen molar-refractivity contribution < 1.29 is 9.50 Å². The molecule has 0 saturated heterocycles. The lowest BCUT2D eigenvalue weighted by molar-refractivity contribution is 0.469. The summed E-state index contributed by atoms with van der Waals surface area (Å²) in [5.74, 6) is -0.793. The summed E-state index contributed by atoms with van der Waals surface area (Å²) >= 11 is 0. The summed E-state index contributed by atoms with van der Waals surface area (Å²) in [5.41, 5.74) is 5.24. The molecule has 0 aliphatic carbocycles. The Kier molecular flexibility index (Phi) is 2.24. The van der Waals surface area contributed by atoms with Crippen LogP contribution in [0, 0.1) is 5.82 Å². The molecule has 0 amide bonds. The lowest BCUT2D eigenvalue weighted by atomic mass is 10.2. The summed E-state index contributed by atoms with van der Waals surface area (Å²) in [6, 6.07) is 3.62. The van der Waals surface area contributed by atoms with Crippen molar-refractivity contribution in [3.63, 3.8) is 0 Å². The monoisotopic (exact) mass is 261 g/mol. The van der Waals surface area contributed by atoms with Gasteiger partial charge in [-0.3, -0.25) is 9.78 Å². The molecular weight excluding hydrogens is 253 g/mol. The number of nitrogens with zero attached hydrogens (tertiary/aromatic N) is 2. The fourth-order valence-corrected chi connectivity index (χ4v) is 1.75. The molecule has 5 N–H and O–H groups in total. The molecule has 96 valence electrons. The van der Waals surface area contributed by atoms with Gasteiger partial charge in [-0.15, -0.1) is 0 Å². The van der Waals surface area contributed by atoms with E-state index in [9.17, 15) is 9.18 Å². The molecule has 7 nitrogen and oxygen atoms in total. The second-order valence-electron chi connectivity index (χ2n) is 3.90. The number of hydrogen-bond acceptors (Lipinski definition) is 5. The average Bonchev–Trinajstić information content (AvgIpc) is 2.72. The van der Waals surface area contributed by atoms with Gasteiger partial charge in [-0.25, -0.2) is 9.37 Å². The lowest BCUT2D eigenvalue weighted by Crippen LogP contribution is -2.10. The minimum atomic E-state index is -0.663. The molecule has 0 bridgehead atoms. The maximum atomic E-state index is 13.7. The van der Waals surface area contributed by atoms with Crippen molar-refractivity contribution in [3.8, 4) is 17.1 Å². The largest absolute Gasteiger partial charge is 0.508 e. The van der Waals surface area contributed by atoms with Gasteiger partial charge in [0.05, 0.1) is 5.56 Å². The second-order valence-corrected chi connectivity index (χ2v) is 3.90. The van der Waals surface area contributed by atoms with Crippen LogP contribution in [0.3, 0.4) is 0 Å². The average molecular weight is 261 g/mol. The number of halogens is 1. The summed E-state index contributed by atoms with van der Waals surface area (Å²) < 4.78 is 13.7. The number of phenolic OH excluding ortho intramolecular Hbond substituents is 1. The number of aromatic nitrogens is 4. The summed E-state index contributed by atoms with van der Waals surface area (Å²) in [6.07, 6.45) is 0. The highest BCUT2D eigenvalue weighted by Crippen LogP contribution is 2.24. The number of hydrogen-bond donors (Lipinski definition) is 4. The first-order valence-corrected chi connectivity index (χ1v) is 5.29. The Bertz CT molecular complexity index is 839. The van der Waals surface area contributed by atoms with Crippen LogP contribution in [0.1, 0.15) is 0 Å². The fourth-order valence-electron chi connectivity index (χ4n) is 1.75. The first-order valence-electron chi connectivity index (χ1n) is 5.29. The normalized spacial score (nSPS) is 11.0. The zero-order valence-corrected chi connectivity index (χ0v) is 9.44. The smallest absolute Gasteiger partial charge is 0.278 e. The number of nitrogen functional groups attached to an aromatic ring is 1. The Morgan fingerprint density at radius 3 is 2.79 bits per heavy atom. The molecule has 0 saturated carbocycles. The number of aromatic hydroxyl groups is 1. The number of fused-ring (bicyclic) bond motifs is 1. The minimum Gasteiger partial charge on any atom is -0.508 e. The van der Waals surface area contributed by atoms with E-state index in [1.165, 1.54) is 12.1 Å². The fraction of sp³-hybridized carbons (Fsp3) is 0. The van der Waals surface area contributed by atoms with E-state index in [2.05, 4.69) is 19.9 Å². The quantitative estimate of drug-likeness (QED) is 0.515. The van der Waals surface area contributed by atoms with Crippen LogP contribution in [0.25, 0.3) is 22.6 Å². The number of anilines is 1. The zero-order valence-electron chi connectivity index (χ0n) is 9.44. The van der Waals surface area contributed by atoms with Crippen molar-refractivity contribution in [2.24, 2.45) is 0 Å². The topological polar surface area (TPSA) is 121 Å². The van der Waals surface area contributed by atoms with E-state index in [1.807, 2.05) is 0 Å². The van der Waals surface area contributed by atoms with Gasteiger partial charge in [0.15, 0.2) is 11.2 Å². The molecule has 0 aliphatic rings. The van der Waals surface area contributed by atoms with E-state index in [0.29, 0.717) is 0 Å². The van der Waals surface area contributed by atoms with E-state index in [1.54, 1.807) is 0 Å². The van der Waals surface area contributed by atoms with Crippen LogP contribution in [0.2, 0.25) is 0 Å². The first kappa shape index (κ1) is 11.2. The van der Waals surface area contributed by atoms with Crippen molar-refractivity contribution in [1.82, 2.24) is 19.9 Å². The van der Waals surface area contributed by atoms with Crippen molar-refractivity contribution in [2.75, 3.05) is 5.73 Å². The van der Waals surface area contributed by atoms with Gasteiger partial charge >= 0.3 is 0 Å². The summed E-state index contributed by atoms with van der Waals surface area (Å²) in [6.45, 7) is 0. The molecule has 0 aliphatic heterocycles. The van der Waals surface area contributed by atoms with E-state index < -0.39 is 11.4 Å². The summed E-state index contributed by atoms with van der Waals surface area (Å²) in [5, 5.41) is 9.15. The molecule has 0 unspecified atom stereocenters. The minimum absolute atomic E-state index is 0.0678. The summed E-state index contributed by atoms with van der Waals surface area (Å²) in [7, 11) is 0. The van der Waals surface area contributed by atoms with Gasteiger partial charge in [0, 0.05) is 6.07 Å². The van der Waals surface area contributed by atoms with Crippen molar-refractivity contribution >= 4 is 17.1 Å². The van der Waals surface area contributed by atoms with E-state index >= 15 is 0 Å². The molecule has 3 rings (SSSR count). The van der Waals surface area contributed by atoms with Crippen LogP contribution < -0.4 is 11.3 Å². The Balaban J connectivity index is 2.26. The molecule has 8 heteroatoms. The Hall–Kier alpha value is -2.90. The van der Waals surface area contributed by atoms with Crippen molar-refractivity contribution in [1.29, 1.82) is 0 Å². The SMILES string of the molecule is Nc1nc2nc(-c3ccc(O)cc3F)[nH]c2c(=O)[nH]1. The van der Waals surface area contributed by atoms with E-state index in [4.69, 9.17) is 10.8 Å². The molecular formula is C11H8FN5O2. The van der Waals surface area contributed by atoms with E-state index in [-0.39, 0.29) is 34.2 Å². The zero-order chi connectivity index (χ0) is 13.6. The number of nitrogens with two attached hydrogens (primary N) is 1. The predicted molar refractivity (Wildman–Crippen MR) is 66.0 cm³/mol. The van der Waals surface area contributed by atoms with Crippen LogP contribution in [0.5, 0.6) is 5.75 Å². The summed E-state index contributed by atoms with van der Waals surface area (Å²) in [4.78, 5) is 24.4. The molecule has 0 radical (unpaired) electrons. The molecule has 19 heavy (non-hydrogen) atoms. The highest BCUT2D eigenvalue weighted by Gasteiger charge is 2.13. The van der Waals surface area contributed by atoms with Gasteiger partial charge in [0.2, 0.25) is 5.95 Å². The third kappa shape index (κ3) is 1.79. The molecule has 3 aromatic rings. The highest BCUT2D eigenvalue weighted by atomic mass is 19.1. The number of phenols is 1. The standard InChI is InChI=1S/C11H8FN5O2/c12-6-3-4(18)1-2-5(6)8-14-7-9(15-8)16-11(13)17-10(7)19/h1-3,18H,(H4,13,14,15,16,17,19). The molecule has 0 spiro atoms. The Morgan fingerprint density at radius 2 is 2.05 bits per heavy atom. The van der Waals surface area contributed by atoms with Crippen LogP contribution in [0.15, 0.2) is 23.0 Å². The number of nitrogens with one attached hydrogen (secondary N) is 2. The maximum Gasteiger partial charge on any atom is 0.278 e. The molecule has 0 atom stereocenters. The van der Waals surface area contributed by atoms with Crippen LogP contribution in [-0.4, -0.2) is 25.0 Å². The molecule has 2 aromatic heterocycles. The van der Waals surface area contributed by atoms with Crippen LogP contribution in [0.4, 0.5) is 10.3 Å². The van der Waals surface area contributed by atoms with Gasteiger partial charge in [-0.05, 0) is 12.1 Å². The second kappa shape index (κ2) is 3.80. The number of H-pyrrole nitrogens is 2. The number of aromatic amines is 2. The Labute approximate surface area is 104 Å². The number of rotatable bonds is 1. The van der Waals surface area contributed by atoms with Crippen LogP contribution in [-0.2, 0) is 0 Å². The van der Waals surface area contributed by atoms with Crippen molar-refractivity contribution in [2.45, 2.75) is 0 Å². The molecule has 1 aromatic carbocycles. The predicted octanol–water partition coefficient (Wildman–Crippen LogP) is 0.740. The van der Waals surface area contributed by atoms with Crippen molar-refractivity contribution in [3.05, 3.63) is 34.4 Å². The number of imidazole rings is 1. The van der Waals surface area contributed by atoms with Crippen LogP contribution >= 0.6 is 0 Å². The molecule has 0 fully saturated rings. The third-order valence-electron chi connectivity index (χ3n) is 2.59. The van der Waals surface area contributed by atoms with Gasteiger partial charge in [-0.1, -0.05) is 0 Å². The van der Waals surface area contributed by atoms with Gasteiger partial charge in [0.25, 0.3) is 5.56 Å². The Morgan fingerprint density at radius 1 is 1.26 bits per heavy atom. The molecule has 2 heterocycles. The number of benzene rings is 1. The highest BCUT2D eigenvalue weighted by molar-refractivity contribution is 5.76. The maximum absolute atomic E-state index is 13.7. The third-order valence-corrected chi connectivity index (χ3v) is 2.59. The lowest BCUT2D eigenvalue weighted by Gasteiger charge is -1.99.